The molecule has 1 aromatic carbocycles. The quantitative estimate of drug-likeness (QED) is 0.544. The van der Waals surface area contributed by atoms with Gasteiger partial charge in [0.1, 0.15) is 11.6 Å². The topological polar surface area (TPSA) is 106 Å². The second-order valence-corrected chi connectivity index (χ2v) is 7.97. The van der Waals surface area contributed by atoms with Crippen LogP contribution in [0.5, 0.6) is 0 Å². The Balaban J connectivity index is 2.03. The standard InChI is InChI=1S/C19H25N5O3S/c1-19(2,3)27-18(26)23-15(8-11-28-4)17(25)24-22-12-13-6-5-7-14-16(13)21-10-9-20-14/h5-7,9-10,12,15H,8,11H2,1-4H3,(H,23,26)(H,24,25)/t15-/m0/s1. The van der Waals surface area contributed by atoms with Gasteiger partial charge >= 0.3 is 6.09 Å². The van der Waals surface area contributed by atoms with E-state index in [9.17, 15) is 9.59 Å². The molecular weight excluding hydrogens is 378 g/mol. The molecule has 0 radical (unpaired) electrons. The van der Waals surface area contributed by atoms with Crippen LogP contribution in [0.3, 0.4) is 0 Å². The van der Waals surface area contributed by atoms with Crippen molar-refractivity contribution in [1.29, 1.82) is 0 Å². The fraction of sp³-hybridized carbons (Fsp3) is 0.421. The molecule has 28 heavy (non-hydrogen) atoms. The van der Waals surface area contributed by atoms with Crippen molar-refractivity contribution in [2.24, 2.45) is 5.10 Å². The summed E-state index contributed by atoms with van der Waals surface area (Å²) in [6.45, 7) is 5.29. The lowest BCUT2D eigenvalue weighted by molar-refractivity contribution is -0.123. The van der Waals surface area contributed by atoms with Gasteiger partial charge in [0.2, 0.25) is 0 Å². The van der Waals surface area contributed by atoms with Crippen LogP contribution in [0.25, 0.3) is 11.0 Å². The minimum atomic E-state index is -0.744. The van der Waals surface area contributed by atoms with Gasteiger partial charge in [0.25, 0.3) is 5.91 Å². The predicted molar refractivity (Wildman–Crippen MR) is 111 cm³/mol. The number of hydrogen-bond donors (Lipinski definition) is 2. The van der Waals surface area contributed by atoms with Crippen molar-refractivity contribution in [3.8, 4) is 0 Å². The number of amides is 2. The number of thioether (sulfide) groups is 1. The lowest BCUT2D eigenvalue weighted by atomic mass is 10.2. The summed E-state index contributed by atoms with van der Waals surface area (Å²) in [6.07, 6.45) is 6.48. The van der Waals surface area contributed by atoms with Gasteiger partial charge < -0.3 is 10.1 Å². The molecule has 2 aromatic rings. The number of aromatic nitrogens is 2. The molecule has 0 spiro atoms. The van der Waals surface area contributed by atoms with Crippen LogP contribution in [0, 0.1) is 0 Å². The third-order valence-corrected chi connectivity index (χ3v) is 4.17. The number of hydrazone groups is 1. The van der Waals surface area contributed by atoms with Gasteiger partial charge in [-0.15, -0.1) is 0 Å². The molecule has 8 nitrogen and oxygen atoms in total. The van der Waals surface area contributed by atoms with E-state index in [-0.39, 0.29) is 0 Å². The average Bonchev–Trinajstić information content (AvgIpc) is 2.63. The molecule has 9 heteroatoms. The molecule has 0 aliphatic heterocycles. The van der Waals surface area contributed by atoms with Gasteiger partial charge in [-0.25, -0.2) is 10.2 Å². The summed E-state index contributed by atoms with van der Waals surface area (Å²) in [7, 11) is 0. The molecule has 0 saturated carbocycles. The first-order valence-corrected chi connectivity index (χ1v) is 10.2. The summed E-state index contributed by atoms with van der Waals surface area (Å²) in [5.74, 6) is 0.291. The van der Waals surface area contributed by atoms with Crippen LogP contribution in [0.15, 0.2) is 35.7 Å². The molecule has 0 unspecified atom stereocenters. The Morgan fingerprint density at radius 1 is 1.29 bits per heavy atom. The largest absolute Gasteiger partial charge is 0.444 e. The van der Waals surface area contributed by atoms with E-state index in [1.807, 2.05) is 24.5 Å². The number of alkyl carbamates (subject to hydrolysis) is 1. The van der Waals surface area contributed by atoms with E-state index in [2.05, 4.69) is 25.8 Å². The maximum absolute atomic E-state index is 12.5. The zero-order valence-corrected chi connectivity index (χ0v) is 17.2. The highest BCUT2D eigenvalue weighted by molar-refractivity contribution is 7.98. The maximum Gasteiger partial charge on any atom is 0.408 e. The first-order chi connectivity index (χ1) is 13.3. The van der Waals surface area contributed by atoms with Crippen LogP contribution >= 0.6 is 11.8 Å². The minimum Gasteiger partial charge on any atom is -0.444 e. The van der Waals surface area contributed by atoms with Crippen molar-refractivity contribution >= 4 is 41.0 Å². The zero-order valence-electron chi connectivity index (χ0n) is 16.4. The molecule has 2 rings (SSSR count). The van der Waals surface area contributed by atoms with Crippen molar-refractivity contribution in [3.05, 3.63) is 36.2 Å². The van der Waals surface area contributed by atoms with E-state index < -0.39 is 23.6 Å². The van der Waals surface area contributed by atoms with E-state index in [0.29, 0.717) is 17.7 Å². The van der Waals surface area contributed by atoms with Crippen molar-refractivity contribution in [2.45, 2.75) is 38.8 Å². The van der Waals surface area contributed by atoms with Crippen molar-refractivity contribution in [2.75, 3.05) is 12.0 Å². The number of nitrogens with zero attached hydrogens (tertiary/aromatic N) is 3. The van der Waals surface area contributed by atoms with Crippen LogP contribution in [-0.4, -0.2) is 51.8 Å². The van der Waals surface area contributed by atoms with Gasteiger partial charge in [0, 0.05) is 18.0 Å². The highest BCUT2D eigenvalue weighted by Gasteiger charge is 2.23. The smallest absolute Gasteiger partial charge is 0.408 e. The summed E-state index contributed by atoms with van der Waals surface area (Å²) in [6, 6.07) is 4.77. The first-order valence-electron chi connectivity index (χ1n) is 8.81. The van der Waals surface area contributed by atoms with Crippen molar-refractivity contribution in [1.82, 2.24) is 20.7 Å². The number of nitrogens with one attached hydrogen (secondary N) is 2. The van der Waals surface area contributed by atoms with Crippen LogP contribution in [0.2, 0.25) is 0 Å². The molecule has 1 atom stereocenters. The fourth-order valence-corrected chi connectivity index (χ4v) is 2.79. The van der Waals surface area contributed by atoms with Crippen LogP contribution in [0.1, 0.15) is 32.8 Å². The number of ether oxygens (including phenoxy) is 1. The molecule has 0 aliphatic rings. The highest BCUT2D eigenvalue weighted by atomic mass is 32.2. The van der Waals surface area contributed by atoms with Crippen LogP contribution in [0.4, 0.5) is 4.79 Å². The zero-order chi connectivity index (χ0) is 20.6. The maximum atomic E-state index is 12.5. The molecular formula is C19H25N5O3S. The number of fused-ring (bicyclic) bond motifs is 1. The van der Waals surface area contributed by atoms with Crippen LogP contribution in [-0.2, 0) is 9.53 Å². The third-order valence-electron chi connectivity index (χ3n) is 3.53. The molecule has 1 aromatic heterocycles. The number of benzene rings is 1. The normalized spacial score (nSPS) is 12.7. The molecule has 0 bridgehead atoms. The van der Waals surface area contributed by atoms with Gasteiger partial charge in [-0.1, -0.05) is 12.1 Å². The third kappa shape index (κ3) is 6.80. The Morgan fingerprint density at radius 3 is 2.75 bits per heavy atom. The Bertz CT molecular complexity index is 846. The van der Waals surface area contributed by atoms with Crippen molar-refractivity contribution < 1.29 is 14.3 Å². The lowest BCUT2D eigenvalue weighted by Crippen LogP contribution is -2.47. The summed E-state index contributed by atoms with van der Waals surface area (Å²) < 4.78 is 5.23. The Hall–Kier alpha value is -2.68. The Labute approximate surface area is 168 Å². The summed E-state index contributed by atoms with van der Waals surface area (Å²) in [4.78, 5) is 33.0. The molecule has 2 N–H and O–H groups in total. The van der Waals surface area contributed by atoms with Gasteiger partial charge in [-0.05, 0) is 45.3 Å². The minimum absolute atomic E-state index is 0.414. The van der Waals surface area contributed by atoms with E-state index in [4.69, 9.17) is 4.74 Å². The summed E-state index contributed by atoms with van der Waals surface area (Å²) >= 11 is 1.58. The SMILES string of the molecule is CSCC[C@H](NC(=O)OC(C)(C)C)C(=O)NN=Cc1cccc2nccnc12. The average molecular weight is 404 g/mol. The molecule has 150 valence electrons. The van der Waals surface area contributed by atoms with E-state index in [0.717, 1.165) is 11.1 Å². The molecule has 0 saturated heterocycles. The number of carbonyl (C=O) groups is 2. The number of rotatable bonds is 7. The predicted octanol–water partition coefficient (Wildman–Crippen LogP) is 2.73. The lowest BCUT2D eigenvalue weighted by Gasteiger charge is -2.22. The highest BCUT2D eigenvalue weighted by Crippen LogP contribution is 2.11. The first kappa shape index (κ1) is 21.6. The molecule has 2 amide bonds. The second kappa shape index (κ2) is 10.0. The Morgan fingerprint density at radius 2 is 2.04 bits per heavy atom. The number of carbonyl (C=O) groups excluding carboxylic acids is 2. The van der Waals surface area contributed by atoms with E-state index in [1.165, 1.54) is 6.21 Å². The molecule has 1 heterocycles. The molecule has 0 aliphatic carbocycles. The van der Waals surface area contributed by atoms with Crippen molar-refractivity contribution in [3.63, 3.8) is 0 Å². The molecule has 0 fully saturated rings. The van der Waals surface area contributed by atoms with Gasteiger partial charge in [0.15, 0.2) is 0 Å². The Kier molecular flexibility index (Phi) is 7.74. The number of para-hydroxylation sites is 1. The summed E-state index contributed by atoms with van der Waals surface area (Å²) in [5, 5.41) is 6.61. The van der Waals surface area contributed by atoms with Gasteiger partial charge in [-0.3, -0.25) is 14.8 Å². The van der Waals surface area contributed by atoms with Gasteiger partial charge in [-0.2, -0.15) is 16.9 Å². The monoisotopic (exact) mass is 403 g/mol. The fourth-order valence-electron chi connectivity index (χ4n) is 2.32. The van der Waals surface area contributed by atoms with Crippen LogP contribution < -0.4 is 10.7 Å². The van der Waals surface area contributed by atoms with E-state index in [1.54, 1.807) is 44.9 Å². The van der Waals surface area contributed by atoms with Gasteiger partial charge in [0.05, 0.1) is 17.2 Å². The second-order valence-electron chi connectivity index (χ2n) is 6.99. The summed E-state index contributed by atoms with van der Waals surface area (Å²) in [5.41, 5.74) is 3.99. The number of hydrogen-bond acceptors (Lipinski definition) is 7. The van der Waals surface area contributed by atoms with E-state index >= 15 is 0 Å².